The van der Waals surface area contributed by atoms with Crippen LogP contribution in [0.15, 0.2) is 42.5 Å². The van der Waals surface area contributed by atoms with Gasteiger partial charge < -0.3 is 25.8 Å². The Labute approximate surface area is 252 Å². The number of hydrogen-bond acceptors (Lipinski definition) is 6. The van der Waals surface area contributed by atoms with Gasteiger partial charge in [0.1, 0.15) is 0 Å². The summed E-state index contributed by atoms with van der Waals surface area (Å²) in [5.74, 6) is -0.278. The second kappa shape index (κ2) is 16.1. The Hall–Kier alpha value is -2.94. The number of nitrogens with zero attached hydrogens (tertiary/aromatic N) is 3. The Morgan fingerprint density at radius 2 is 1.07 bits per heavy atom. The lowest BCUT2D eigenvalue weighted by molar-refractivity contribution is 0.0946. The number of anilines is 2. The Morgan fingerprint density at radius 1 is 0.595 bits per heavy atom. The van der Waals surface area contributed by atoms with E-state index in [1.54, 1.807) is 6.07 Å². The predicted molar refractivity (Wildman–Crippen MR) is 171 cm³/mol. The largest absolute Gasteiger partial charge is 0.355 e. The minimum Gasteiger partial charge on any atom is -0.355 e. The molecule has 3 heterocycles. The number of carbonyl (C=O) groups excluding carboxylic acids is 2. The molecule has 5 rings (SSSR count). The first-order valence-electron chi connectivity index (χ1n) is 16.4. The average Bonchev–Trinajstić information content (AvgIpc) is 3.03. The van der Waals surface area contributed by atoms with E-state index < -0.39 is 0 Å². The SMILES string of the molecule is O=C(NCCN1CCCCC1)c1cc(Nc2ccccc2CN2CCCCC2)cc(C(=O)NCCN2CCCCC2)c1. The fourth-order valence-electron chi connectivity index (χ4n) is 6.48. The fourth-order valence-corrected chi connectivity index (χ4v) is 6.48. The molecule has 228 valence electrons. The van der Waals surface area contributed by atoms with Gasteiger partial charge in [0.15, 0.2) is 0 Å². The van der Waals surface area contributed by atoms with Crippen molar-refractivity contribution in [1.82, 2.24) is 25.3 Å². The summed E-state index contributed by atoms with van der Waals surface area (Å²) in [6.45, 7) is 10.5. The fraction of sp³-hybridized carbons (Fsp3) is 0.588. The van der Waals surface area contributed by atoms with Gasteiger partial charge in [-0.25, -0.2) is 0 Å². The van der Waals surface area contributed by atoms with E-state index in [0.717, 1.165) is 70.3 Å². The van der Waals surface area contributed by atoms with E-state index in [2.05, 4.69) is 48.8 Å². The number of hydrogen-bond donors (Lipinski definition) is 3. The summed E-state index contributed by atoms with van der Waals surface area (Å²) in [5, 5.41) is 9.77. The van der Waals surface area contributed by atoms with Crippen LogP contribution in [0.4, 0.5) is 11.4 Å². The van der Waals surface area contributed by atoms with Gasteiger partial charge in [0.2, 0.25) is 0 Å². The van der Waals surface area contributed by atoms with E-state index in [9.17, 15) is 9.59 Å². The molecule has 0 radical (unpaired) electrons. The van der Waals surface area contributed by atoms with Crippen molar-refractivity contribution in [2.75, 3.05) is 70.8 Å². The van der Waals surface area contributed by atoms with Crippen LogP contribution in [-0.4, -0.2) is 92.0 Å². The maximum Gasteiger partial charge on any atom is 0.251 e. The Morgan fingerprint density at radius 3 is 1.60 bits per heavy atom. The van der Waals surface area contributed by atoms with E-state index in [1.807, 2.05) is 18.2 Å². The zero-order valence-corrected chi connectivity index (χ0v) is 25.3. The lowest BCUT2D eigenvalue weighted by Gasteiger charge is -2.27. The first-order chi connectivity index (χ1) is 20.6. The van der Waals surface area contributed by atoms with Crippen LogP contribution in [0.25, 0.3) is 0 Å². The number of benzene rings is 2. The van der Waals surface area contributed by atoms with Crippen LogP contribution >= 0.6 is 0 Å². The molecule has 3 aliphatic heterocycles. The molecule has 3 N–H and O–H groups in total. The molecule has 2 amide bonds. The van der Waals surface area contributed by atoms with Crippen LogP contribution in [0.3, 0.4) is 0 Å². The summed E-state index contributed by atoms with van der Waals surface area (Å²) < 4.78 is 0. The molecule has 0 aromatic heterocycles. The van der Waals surface area contributed by atoms with Gasteiger partial charge in [0.25, 0.3) is 11.8 Å². The number of rotatable bonds is 12. The molecule has 3 aliphatic rings. The number of likely N-dealkylation sites (tertiary alicyclic amines) is 3. The molecular weight excluding hydrogens is 524 g/mol. The molecule has 0 aliphatic carbocycles. The lowest BCUT2D eigenvalue weighted by Crippen LogP contribution is -2.38. The first-order valence-corrected chi connectivity index (χ1v) is 16.4. The second-order valence-corrected chi connectivity index (χ2v) is 12.2. The molecule has 0 spiro atoms. The molecule has 0 atom stereocenters. The molecule has 0 saturated carbocycles. The van der Waals surface area contributed by atoms with Gasteiger partial charge >= 0.3 is 0 Å². The second-order valence-electron chi connectivity index (χ2n) is 12.2. The highest BCUT2D eigenvalue weighted by Gasteiger charge is 2.17. The predicted octanol–water partition coefficient (Wildman–Crippen LogP) is 4.85. The van der Waals surface area contributed by atoms with Gasteiger partial charge in [-0.2, -0.15) is 0 Å². The monoisotopic (exact) mass is 574 g/mol. The van der Waals surface area contributed by atoms with Crippen molar-refractivity contribution in [2.45, 2.75) is 64.3 Å². The highest BCUT2D eigenvalue weighted by molar-refractivity contribution is 6.01. The summed E-state index contributed by atoms with van der Waals surface area (Å²) in [6, 6.07) is 13.9. The molecule has 3 fully saturated rings. The molecule has 42 heavy (non-hydrogen) atoms. The van der Waals surface area contributed by atoms with E-state index in [-0.39, 0.29) is 11.8 Å². The average molecular weight is 575 g/mol. The number of nitrogens with one attached hydrogen (secondary N) is 3. The number of para-hydroxylation sites is 1. The van der Waals surface area contributed by atoms with Gasteiger partial charge in [-0.3, -0.25) is 14.5 Å². The van der Waals surface area contributed by atoms with Crippen LogP contribution in [0, 0.1) is 0 Å². The van der Waals surface area contributed by atoms with E-state index in [0.29, 0.717) is 24.2 Å². The van der Waals surface area contributed by atoms with Crippen LogP contribution in [-0.2, 0) is 6.54 Å². The van der Waals surface area contributed by atoms with E-state index in [1.165, 1.54) is 63.4 Å². The van der Waals surface area contributed by atoms with Gasteiger partial charge in [0, 0.05) is 55.2 Å². The van der Waals surface area contributed by atoms with Crippen LogP contribution in [0.1, 0.15) is 84.1 Å². The van der Waals surface area contributed by atoms with Crippen molar-refractivity contribution in [3.63, 3.8) is 0 Å². The van der Waals surface area contributed by atoms with Crippen molar-refractivity contribution in [3.05, 3.63) is 59.2 Å². The van der Waals surface area contributed by atoms with E-state index in [4.69, 9.17) is 0 Å². The van der Waals surface area contributed by atoms with Crippen molar-refractivity contribution in [1.29, 1.82) is 0 Å². The molecule has 0 unspecified atom stereocenters. The van der Waals surface area contributed by atoms with Crippen molar-refractivity contribution in [2.24, 2.45) is 0 Å². The molecule has 2 aromatic rings. The summed E-state index contributed by atoms with van der Waals surface area (Å²) in [6.07, 6.45) is 11.3. The minimum absolute atomic E-state index is 0.139. The third-order valence-electron chi connectivity index (χ3n) is 8.92. The molecule has 8 nitrogen and oxygen atoms in total. The maximum atomic E-state index is 13.3. The Bertz CT molecular complexity index is 1100. The van der Waals surface area contributed by atoms with Crippen LogP contribution < -0.4 is 16.0 Å². The van der Waals surface area contributed by atoms with Crippen molar-refractivity contribution < 1.29 is 9.59 Å². The van der Waals surface area contributed by atoms with Gasteiger partial charge in [0.05, 0.1) is 0 Å². The normalized spacial score (nSPS) is 18.9. The topological polar surface area (TPSA) is 80.0 Å². The molecule has 3 saturated heterocycles. The van der Waals surface area contributed by atoms with Crippen LogP contribution in [0.5, 0.6) is 0 Å². The first kappa shape index (κ1) is 30.5. The van der Waals surface area contributed by atoms with Gasteiger partial charge in [-0.05, 0) is 108 Å². The van der Waals surface area contributed by atoms with Gasteiger partial charge in [-0.15, -0.1) is 0 Å². The lowest BCUT2D eigenvalue weighted by atomic mass is 10.1. The number of piperidine rings is 3. The summed E-state index contributed by atoms with van der Waals surface area (Å²) in [7, 11) is 0. The molecule has 0 bridgehead atoms. The number of carbonyl (C=O) groups is 2. The molecular formula is C34H50N6O2. The van der Waals surface area contributed by atoms with E-state index >= 15 is 0 Å². The van der Waals surface area contributed by atoms with Crippen molar-refractivity contribution >= 4 is 23.2 Å². The third kappa shape index (κ3) is 9.28. The van der Waals surface area contributed by atoms with Gasteiger partial charge in [-0.1, -0.05) is 37.5 Å². The highest BCUT2D eigenvalue weighted by atomic mass is 16.2. The highest BCUT2D eigenvalue weighted by Crippen LogP contribution is 2.25. The Kier molecular flexibility index (Phi) is 11.7. The summed E-state index contributed by atoms with van der Waals surface area (Å²) >= 11 is 0. The Balaban J connectivity index is 1.28. The quantitative estimate of drug-likeness (QED) is 0.337. The van der Waals surface area contributed by atoms with Crippen LogP contribution in [0.2, 0.25) is 0 Å². The van der Waals surface area contributed by atoms with Crippen molar-refractivity contribution in [3.8, 4) is 0 Å². The number of amides is 2. The molecule has 8 heteroatoms. The summed E-state index contributed by atoms with van der Waals surface area (Å²) in [5.41, 5.74) is 4.01. The zero-order valence-electron chi connectivity index (χ0n) is 25.3. The summed E-state index contributed by atoms with van der Waals surface area (Å²) in [4.78, 5) is 34.0. The molecule has 2 aromatic carbocycles. The maximum absolute atomic E-state index is 13.3. The smallest absolute Gasteiger partial charge is 0.251 e. The third-order valence-corrected chi connectivity index (χ3v) is 8.92. The zero-order chi connectivity index (χ0) is 29.0. The minimum atomic E-state index is -0.139. The standard InChI is InChI=1S/C34H50N6O2/c41-33(35-14-22-38-16-6-1-7-17-38)29-24-30(34(42)36-15-23-39-18-8-2-9-19-39)26-31(25-29)37-32-13-5-4-12-28(32)27-40-20-10-3-11-21-40/h4-5,12-13,24-26,37H,1-3,6-11,14-23,27H2,(H,35,41)(H,36,42).